The first kappa shape index (κ1) is 15.5. The predicted molar refractivity (Wildman–Crippen MR) is 81.5 cm³/mol. The molecule has 1 aromatic rings. The number of halogens is 1. The van der Waals surface area contributed by atoms with Crippen molar-refractivity contribution in [2.75, 3.05) is 13.1 Å². The van der Waals surface area contributed by atoms with Gasteiger partial charge in [0, 0.05) is 5.02 Å². The largest absolute Gasteiger partial charge is 0.316 e. The van der Waals surface area contributed by atoms with Crippen molar-refractivity contribution in [3.8, 4) is 0 Å². The maximum atomic E-state index is 6.31. The van der Waals surface area contributed by atoms with Crippen LogP contribution in [0.25, 0.3) is 0 Å². The molecule has 1 N–H and O–H groups in total. The molecule has 0 bridgehead atoms. The van der Waals surface area contributed by atoms with Gasteiger partial charge in [0.25, 0.3) is 0 Å². The Kier molecular flexibility index (Phi) is 7.38. The predicted octanol–water partition coefficient (Wildman–Crippen LogP) is 4.61. The first-order valence-electron chi connectivity index (χ1n) is 7.13. The topological polar surface area (TPSA) is 12.0 Å². The molecular weight excluding hydrogens is 242 g/mol. The summed E-state index contributed by atoms with van der Waals surface area (Å²) in [4.78, 5) is 0. The quantitative estimate of drug-likeness (QED) is 0.679. The lowest BCUT2D eigenvalue weighted by atomic mass is 9.94. The third-order valence-electron chi connectivity index (χ3n) is 3.27. The Labute approximate surface area is 117 Å². The fourth-order valence-corrected chi connectivity index (χ4v) is 2.61. The molecule has 1 atom stereocenters. The molecule has 0 saturated heterocycles. The number of rotatable bonds is 8. The molecular formula is C16H26ClN. The molecule has 0 aromatic heterocycles. The van der Waals surface area contributed by atoms with Crippen LogP contribution >= 0.6 is 11.6 Å². The molecule has 0 amide bonds. The second-order valence-electron chi connectivity index (χ2n) is 5.16. The fraction of sp³-hybridized carbons (Fsp3) is 0.625. The lowest BCUT2D eigenvalue weighted by molar-refractivity contribution is 0.439. The summed E-state index contributed by atoms with van der Waals surface area (Å²) >= 11 is 6.31. The summed E-state index contributed by atoms with van der Waals surface area (Å²) in [5.74, 6) is 0.696. The molecule has 1 nitrogen and oxygen atoms in total. The number of nitrogens with one attached hydrogen (secondary N) is 1. The van der Waals surface area contributed by atoms with Gasteiger partial charge in [-0.05, 0) is 62.4 Å². The zero-order valence-corrected chi connectivity index (χ0v) is 12.7. The van der Waals surface area contributed by atoms with E-state index in [-0.39, 0.29) is 0 Å². The first-order chi connectivity index (χ1) is 8.67. The average molecular weight is 268 g/mol. The molecule has 0 heterocycles. The van der Waals surface area contributed by atoms with Crippen LogP contribution in [0, 0.1) is 12.8 Å². The normalized spacial score (nSPS) is 12.7. The van der Waals surface area contributed by atoms with E-state index in [1.54, 1.807) is 0 Å². The lowest BCUT2D eigenvalue weighted by Gasteiger charge is -2.18. The van der Waals surface area contributed by atoms with Gasteiger partial charge in [-0.2, -0.15) is 0 Å². The molecule has 1 unspecified atom stereocenters. The van der Waals surface area contributed by atoms with Crippen LogP contribution in [-0.2, 0) is 6.42 Å². The third kappa shape index (κ3) is 5.41. The Morgan fingerprint density at radius 3 is 2.61 bits per heavy atom. The van der Waals surface area contributed by atoms with Crippen molar-refractivity contribution in [1.82, 2.24) is 5.32 Å². The summed E-state index contributed by atoms with van der Waals surface area (Å²) in [6.07, 6.45) is 4.79. The summed E-state index contributed by atoms with van der Waals surface area (Å²) in [5, 5.41) is 4.45. The second-order valence-corrected chi connectivity index (χ2v) is 5.57. The van der Waals surface area contributed by atoms with E-state index in [9.17, 15) is 0 Å². The molecule has 0 radical (unpaired) electrons. The van der Waals surface area contributed by atoms with Gasteiger partial charge in [-0.1, -0.05) is 44.0 Å². The maximum absolute atomic E-state index is 6.31. The van der Waals surface area contributed by atoms with Crippen LogP contribution in [0.4, 0.5) is 0 Å². The smallest absolute Gasteiger partial charge is 0.0440 e. The van der Waals surface area contributed by atoms with Gasteiger partial charge in [0.05, 0.1) is 0 Å². The van der Waals surface area contributed by atoms with Gasteiger partial charge in [0.1, 0.15) is 0 Å². The Morgan fingerprint density at radius 1 is 1.22 bits per heavy atom. The Bertz CT molecular complexity index is 349. The van der Waals surface area contributed by atoms with Gasteiger partial charge >= 0.3 is 0 Å². The zero-order chi connectivity index (χ0) is 13.4. The highest BCUT2D eigenvalue weighted by Crippen LogP contribution is 2.22. The van der Waals surface area contributed by atoms with Crippen LogP contribution < -0.4 is 5.32 Å². The van der Waals surface area contributed by atoms with Crippen LogP contribution in [0.1, 0.15) is 44.2 Å². The van der Waals surface area contributed by atoms with Crippen molar-refractivity contribution in [3.63, 3.8) is 0 Å². The molecule has 0 aliphatic carbocycles. The lowest BCUT2D eigenvalue weighted by Crippen LogP contribution is -2.25. The minimum atomic E-state index is 0.696. The molecule has 0 aliphatic rings. The highest BCUT2D eigenvalue weighted by Gasteiger charge is 2.10. The van der Waals surface area contributed by atoms with Crippen molar-refractivity contribution in [3.05, 3.63) is 34.3 Å². The van der Waals surface area contributed by atoms with E-state index >= 15 is 0 Å². The van der Waals surface area contributed by atoms with E-state index in [4.69, 9.17) is 11.6 Å². The summed E-state index contributed by atoms with van der Waals surface area (Å²) in [6, 6.07) is 6.41. The molecule has 0 aliphatic heterocycles. The molecule has 0 saturated carbocycles. The van der Waals surface area contributed by atoms with E-state index < -0.39 is 0 Å². The van der Waals surface area contributed by atoms with Crippen molar-refractivity contribution >= 4 is 11.6 Å². The molecule has 0 spiro atoms. The molecule has 1 rings (SSSR count). The molecule has 102 valence electrons. The highest BCUT2D eigenvalue weighted by molar-refractivity contribution is 6.31. The van der Waals surface area contributed by atoms with Crippen molar-refractivity contribution in [1.29, 1.82) is 0 Å². The first-order valence-corrected chi connectivity index (χ1v) is 7.50. The van der Waals surface area contributed by atoms with Crippen LogP contribution in [0.5, 0.6) is 0 Å². The van der Waals surface area contributed by atoms with Crippen molar-refractivity contribution in [2.45, 2.75) is 46.5 Å². The summed E-state index contributed by atoms with van der Waals surface area (Å²) in [6.45, 7) is 8.76. The number of benzene rings is 1. The third-order valence-corrected chi connectivity index (χ3v) is 3.63. The molecule has 18 heavy (non-hydrogen) atoms. The Morgan fingerprint density at radius 2 is 2.00 bits per heavy atom. The molecule has 1 aromatic carbocycles. The van der Waals surface area contributed by atoms with Gasteiger partial charge in [0.15, 0.2) is 0 Å². The maximum Gasteiger partial charge on any atom is 0.0440 e. The van der Waals surface area contributed by atoms with E-state index in [1.165, 1.54) is 30.4 Å². The average Bonchev–Trinajstić information content (AvgIpc) is 2.33. The highest BCUT2D eigenvalue weighted by atomic mass is 35.5. The van der Waals surface area contributed by atoms with E-state index in [0.717, 1.165) is 24.5 Å². The monoisotopic (exact) mass is 267 g/mol. The summed E-state index contributed by atoms with van der Waals surface area (Å²) in [5.41, 5.74) is 2.53. The van der Waals surface area contributed by atoms with Crippen LogP contribution in [0.15, 0.2) is 18.2 Å². The van der Waals surface area contributed by atoms with Crippen LogP contribution in [0.2, 0.25) is 5.02 Å². The second kappa shape index (κ2) is 8.55. The van der Waals surface area contributed by atoms with Crippen molar-refractivity contribution < 1.29 is 0 Å². The van der Waals surface area contributed by atoms with E-state index in [2.05, 4.69) is 44.3 Å². The number of aryl methyl sites for hydroxylation is 1. The standard InChI is InChI=1S/C16H26ClN/c1-4-6-14(12-18-9-5-2)11-15-8-7-13(3)10-16(15)17/h7-8,10,14,18H,4-6,9,11-12H2,1-3H3. The minimum Gasteiger partial charge on any atom is -0.316 e. The van der Waals surface area contributed by atoms with Crippen LogP contribution in [0.3, 0.4) is 0 Å². The Balaban J connectivity index is 2.58. The Hall–Kier alpha value is -0.530. The summed E-state index contributed by atoms with van der Waals surface area (Å²) in [7, 11) is 0. The number of hydrogen-bond acceptors (Lipinski definition) is 1. The molecule has 0 fully saturated rings. The van der Waals surface area contributed by atoms with Gasteiger partial charge in [-0.25, -0.2) is 0 Å². The van der Waals surface area contributed by atoms with Gasteiger partial charge < -0.3 is 5.32 Å². The summed E-state index contributed by atoms with van der Waals surface area (Å²) < 4.78 is 0. The van der Waals surface area contributed by atoms with E-state index in [0.29, 0.717) is 5.92 Å². The molecule has 2 heteroatoms. The van der Waals surface area contributed by atoms with Crippen molar-refractivity contribution in [2.24, 2.45) is 5.92 Å². The van der Waals surface area contributed by atoms with Gasteiger partial charge in [-0.3, -0.25) is 0 Å². The SMILES string of the molecule is CCCNCC(CCC)Cc1ccc(C)cc1Cl. The fourth-order valence-electron chi connectivity index (χ4n) is 2.30. The number of hydrogen-bond donors (Lipinski definition) is 1. The van der Waals surface area contributed by atoms with Crippen LogP contribution in [-0.4, -0.2) is 13.1 Å². The van der Waals surface area contributed by atoms with Gasteiger partial charge in [-0.15, -0.1) is 0 Å². The zero-order valence-electron chi connectivity index (χ0n) is 11.9. The minimum absolute atomic E-state index is 0.696. The van der Waals surface area contributed by atoms with E-state index in [1.807, 2.05) is 0 Å². The van der Waals surface area contributed by atoms with Gasteiger partial charge in [0.2, 0.25) is 0 Å².